The maximum absolute atomic E-state index is 14.2. The van der Waals surface area contributed by atoms with Gasteiger partial charge in [-0.2, -0.15) is 0 Å². The molecule has 0 spiro atoms. The van der Waals surface area contributed by atoms with Crippen molar-refractivity contribution in [1.29, 1.82) is 0 Å². The van der Waals surface area contributed by atoms with Crippen LogP contribution in [-0.2, 0) is 22.7 Å². The van der Waals surface area contributed by atoms with Gasteiger partial charge in [-0.3, -0.25) is 19.2 Å². The summed E-state index contributed by atoms with van der Waals surface area (Å²) in [4.78, 5) is 52.7. The van der Waals surface area contributed by atoms with E-state index in [2.05, 4.69) is 10.6 Å². The highest BCUT2D eigenvalue weighted by molar-refractivity contribution is 6.30. The maximum atomic E-state index is 14.2. The van der Waals surface area contributed by atoms with Crippen LogP contribution in [0.1, 0.15) is 58.9 Å². The first-order valence-electron chi connectivity index (χ1n) is 12.7. The summed E-state index contributed by atoms with van der Waals surface area (Å²) in [6.45, 7) is 1.77. The number of nitrogens with zero attached hydrogens (tertiary/aromatic N) is 2. The minimum Gasteiger partial charge on any atom is -0.350 e. The summed E-state index contributed by atoms with van der Waals surface area (Å²) >= 11 is 5.82. The molecule has 1 saturated heterocycles. The zero-order valence-electron chi connectivity index (χ0n) is 20.9. The van der Waals surface area contributed by atoms with Gasteiger partial charge in [0.25, 0.3) is 5.91 Å². The van der Waals surface area contributed by atoms with Gasteiger partial charge in [0.15, 0.2) is 5.78 Å². The number of carbonyl (C=O) groups excluding carboxylic acids is 4. The molecule has 8 nitrogen and oxygen atoms in total. The van der Waals surface area contributed by atoms with Crippen LogP contribution >= 0.6 is 11.6 Å². The standard InChI is InChI=1S/C28H28ClFN4O4/c1-16(35)21-14-33(23-10-7-17(12-20(21)23)27(37)32-19-8-9-19)15-25(36)34-11-3-6-24(34)28(38)31-13-18-4-2-5-22(29)26(18)30/h2,4-5,7,10,12,14,19,24H,3,6,8-9,11,13,15H2,1H3,(H,31,38)(H,32,37)/t24-/m0/s1. The Kier molecular flexibility index (Phi) is 7.21. The van der Waals surface area contributed by atoms with E-state index in [1.165, 1.54) is 17.9 Å². The van der Waals surface area contributed by atoms with E-state index in [1.807, 2.05) is 0 Å². The van der Waals surface area contributed by atoms with Crippen molar-refractivity contribution < 1.29 is 23.6 Å². The zero-order valence-corrected chi connectivity index (χ0v) is 21.7. The van der Waals surface area contributed by atoms with Gasteiger partial charge >= 0.3 is 0 Å². The summed E-state index contributed by atoms with van der Waals surface area (Å²) in [6.07, 6.45) is 4.73. The van der Waals surface area contributed by atoms with Crippen molar-refractivity contribution in [2.75, 3.05) is 6.54 Å². The van der Waals surface area contributed by atoms with Gasteiger partial charge in [-0.1, -0.05) is 23.7 Å². The van der Waals surface area contributed by atoms with Crippen molar-refractivity contribution >= 4 is 46.0 Å². The van der Waals surface area contributed by atoms with E-state index in [1.54, 1.807) is 41.1 Å². The number of rotatable bonds is 8. The molecule has 0 unspecified atom stereocenters. The molecule has 0 radical (unpaired) electrons. The summed E-state index contributed by atoms with van der Waals surface area (Å²) in [6, 6.07) is 9.24. The molecule has 5 rings (SSSR count). The van der Waals surface area contributed by atoms with E-state index < -0.39 is 11.9 Å². The highest BCUT2D eigenvalue weighted by Gasteiger charge is 2.34. The summed E-state index contributed by atoms with van der Waals surface area (Å²) in [7, 11) is 0. The summed E-state index contributed by atoms with van der Waals surface area (Å²) in [5, 5.41) is 6.25. The van der Waals surface area contributed by atoms with Crippen molar-refractivity contribution in [2.24, 2.45) is 0 Å². The van der Waals surface area contributed by atoms with Crippen molar-refractivity contribution in [2.45, 2.75) is 57.8 Å². The lowest BCUT2D eigenvalue weighted by molar-refractivity contribution is -0.138. The number of benzene rings is 2. The SMILES string of the molecule is CC(=O)c1cn(CC(=O)N2CCC[C@H]2C(=O)NCc2cccc(Cl)c2F)c2ccc(C(=O)NC3CC3)cc12. The Morgan fingerprint density at radius 2 is 1.89 bits per heavy atom. The predicted molar refractivity (Wildman–Crippen MR) is 140 cm³/mol. The molecule has 1 aliphatic heterocycles. The van der Waals surface area contributed by atoms with Gasteiger partial charge in [0, 0.05) is 52.9 Å². The van der Waals surface area contributed by atoms with Crippen LogP contribution in [0.15, 0.2) is 42.6 Å². The summed E-state index contributed by atoms with van der Waals surface area (Å²) < 4.78 is 15.9. The van der Waals surface area contributed by atoms with Crippen LogP contribution in [0.2, 0.25) is 5.02 Å². The fraction of sp³-hybridized carbons (Fsp3) is 0.357. The number of fused-ring (bicyclic) bond motifs is 1. The molecule has 38 heavy (non-hydrogen) atoms. The molecule has 3 aromatic rings. The zero-order chi connectivity index (χ0) is 27.0. The van der Waals surface area contributed by atoms with Gasteiger partial charge < -0.3 is 20.1 Å². The molecule has 1 aliphatic carbocycles. The normalized spacial score (nSPS) is 17.0. The molecule has 3 amide bonds. The second kappa shape index (κ2) is 10.6. The number of Topliss-reactive ketones (excluding diaryl/α,β-unsaturated/α-hetero) is 1. The second-order valence-corrected chi connectivity index (χ2v) is 10.3. The van der Waals surface area contributed by atoms with E-state index in [-0.39, 0.29) is 53.2 Å². The third kappa shape index (κ3) is 5.29. The monoisotopic (exact) mass is 538 g/mol. The Bertz CT molecular complexity index is 1450. The molecule has 2 heterocycles. The van der Waals surface area contributed by atoms with Crippen LogP contribution in [0.5, 0.6) is 0 Å². The van der Waals surface area contributed by atoms with Crippen molar-refractivity contribution in [1.82, 2.24) is 20.1 Å². The quantitative estimate of drug-likeness (QED) is 0.426. The number of halogens is 2. The summed E-state index contributed by atoms with van der Waals surface area (Å²) in [5.74, 6) is -1.56. The van der Waals surface area contributed by atoms with Crippen molar-refractivity contribution in [3.05, 3.63) is 70.1 Å². The highest BCUT2D eigenvalue weighted by Crippen LogP contribution is 2.26. The number of ketones is 1. The molecular weight excluding hydrogens is 511 g/mol. The molecule has 2 aliphatic rings. The largest absolute Gasteiger partial charge is 0.350 e. The summed E-state index contributed by atoms with van der Waals surface area (Å²) in [5.41, 5.74) is 1.81. The smallest absolute Gasteiger partial charge is 0.251 e. The molecule has 2 fully saturated rings. The maximum Gasteiger partial charge on any atom is 0.251 e. The Morgan fingerprint density at radius 3 is 2.63 bits per heavy atom. The number of nitrogens with one attached hydrogen (secondary N) is 2. The van der Waals surface area contributed by atoms with Crippen molar-refractivity contribution in [3.63, 3.8) is 0 Å². The lowest BCUT2D eigenvalue weighted by atomic mass is 10.1. The Labute approximate surface area is 224 Å². The van der Waals surface area contributed by atoms with E-state index in [0.29, 0.717) is 41.4 Å². The van der Waals surface area contributed by atoms with Gasteiger partial charge in [-0.25, -0.2) is 4.39 Å². The first-order valence-corrected chi connectivity index (χ1v) is 13.1. The molecule has 198 valence electrons. The van der Waals surface area contributed by atoms with E-state index in [0.717, 1.165) is 12.8 Å². The Hall–Kier alpha value is -3.72. The number of hydrogen-bond donors (Lipinski definition) is 2. The molecule has 1 saturated carbocycles. The molecule has 1 aromatic heterocycles. The van der Waals surface area contributed by atoms with Crippen LogP contribution in [0.3, 0.4) is 0 Å². The fourth-order valence-corrected chi connectivity index (χ4v) is 5.10. The number of carbonyl (C=O) groups is 4. The molecular formula is C28H28ClFN4O4. The fourth-order valence-electron chi connectivity index (χ4n) is 4.91. The third-order valence-electron chi connectivity index (χ3n) is 7.10. The van der Waals surface area contributed by atoms with Gasteiger partial charge in [-0.15, -0.1) is 0 Å². The van der Waals surface area contributed by atoms with Crippen LogP contribution in [0.25, 0.3) is 10.9 Å². The molecule has 2 aromatic carbocycles. The molecule has 1 atom stereocenters. The minimum absolute atomic E-state index is 0.0195. The third-order valence-corrected chi connectivity index (χ3v) is 7.39. The number of likely N-dealkylation sites (tertiary alicyclic amines) is 1. The molecule has 2 N–H and O–H groups in total. The average Bonchev–Trinajstić information content (AvgIpc) is 3.43. The van der Waals surface area contributed by atoms with Gasteiger partial charge in [-0.05, 0) is 56.9 Å². The van der Waals surface area contributed by atoms with Crippen molar-refractivity contribution in [3.8, 4) is 0 Å². The van der Waals surface area contributed by atoms with Gasteiger partial charge in [0.2, 0.25) is 11.8 Å². The topological polar surface area (TPSA) is 101 Å². The predicted octanol–water partition coefficient (Wildman–Crippen LogP) is 3.84. The lowest BCUT2D eigenvalue weighted by Gasteiger charge is -2.24. The highest BCUT2D eigenvalue weighted by atomic mass is 35.5. The van der Waals surface area contributed by atoms with E-state index in [9.17, 15) is 23.6 Å². The minimum atomic E-state index is -0.670. The Balaban J connectivity index is 1.31. The van der Waals surface area contributed by atoms with Gasteiger partial charge in [0.05, 0.1) is 5.02 Å². The second-order valence-electron chi connectivity index (χ2n) is 9.88. The number of aromatic nitrogens is 1. The number of hydrogen-bond acceptors (Lipinski definition) is 4. The first-order chi connectivity index (χ1) is 18.2. The van der Waals surface area contributed by atoms with E-state index in [4.69, 9.17) is 11.6 Å². The Morgan fingerprint density at radius 1 is 1.11 bits per heavy atom. The molecule has 10 heteroatoms. The number of amides is 3. The lowest BCUT2D eigenvalue weighted by Crippen LogP contribution is -2.46. The van der Waals surface area contributed by atoms with Crippen LogP contribution in [0.4, 0.5) is 4.39 Å². The first kappa shape index (κ1) is 25.9. The van der Waals surface area contributed by atoms with E-state index >= 15 is 0 Å². The van der Waals surface area contributed by atoms with Crippen LogP contribution < -0.4 is 10.6 Å². The average molecular weight is 539 g/mol. The molecule has 0 bridgehead atoms. The van der Waals surface area contributed by atoms with Crippen LogP contribution in [0, 0.1) is 5.82 Å². The van der Waals surface area contributed by atoms with Gasteiger partial charge in [0.1, 0.15) is 18.4 Å². The van der Waals surface area contributed by atoms with Crippen LogP contribution in [-0.4, -0.2) is 51.6 Å².